The predicted molar refractivity (Wildman–Crippen MR) is 50.1 cm³/mol. The highest BCUT2D eigenvalue weighted by atomic mass is 28.3. The van der Waals surface area contributed by atoms with Crippen LogP contribution in [0, 0.1) is 5.92 Å². The quantitative estimate of drug-likeness (QED) is 0.471. The van der Waals surface area contributed by atoms with Crippen LogP contribution < -0.4 is 0 Å². The van der Waals surface area contributed by atoms with Crippen LogP contribution in [-0.4, -0.2) is 8.07 Å². The second kappa shape index (κ2) is 2.69. The molecule has 0 amide bonds. The zero-order chi connectivity index (χ0) is 7.78. The van der Waals surface area contributed by atoms with E-state index in [0.29, 0.717) is 0 Å². The fourth-order valence-electron chi connectivity index (χ4n) is 2.13. The minimum atomic E-state index is -0.757. The minimum Gasteiger partial charge on any atom is -0.0691 e. The monoisotopic (exact) mass is 156 g/mol. The molecule has 0 aromatic heterocycles. The van der Waals surface area contributed by atoms with E-state index in [4.69, 9.17) is 0 Å². The maximum Gasteiger partial charge on any atom is 0.0504 e. The average Bonchev–Trinajstić information content (AvgIpc) is 1.83. The van der Waals surface area contributed by atoms with Crippen molar-refractivity contribution in [1.82, 2.24) is 0 Å². The Kier molecular flexibility index (Phi) is 2.23. The maximum atomic E-state index is 2.55. The van der Waals surface area contributed by atoms with Gasteiger partial charge in [-0.05, 0) is 11.5 Å². The summed E-state index contributed by atoms with van der Waals surface area (Å²) in [6, 6.07) is 1.57. The summed E-state index contributed by atoms with van der Waals surface area (Å²) >= 11 is 0. The zero-order valence-electron chi connectivity index (χ0n) is 7.78. The number of rotatable bonds is 0. The van der Waals surface area contributed by atoms with Crippen molar-refractivity contribution in [2.24, 2.45) is 5.92 Å². The van der Waals surface area contributed by atoms with Crippen LogP contribution in [0.5, 0.6) is 0 Å². The summed E-state index contributed by atoms with van der Waals surface area (Å²) in [5, 5.41) is 0. The smallest absolute Gasteiger partial charge is 0.0504 e. The molecule has 0 N–H and O–H groups in total. The normalized spacial score (nSPS) is 39.6. The molecule has 0 saturated carbocycles. The van der Waals surface area contributed by atoms with Gasteiger partial charge in [0, 0.05) is 0 Å². The molecule has 1 heterocycles. The summed E-state index contributed by atoms with van der Waals surface area (Å²) in [7, 11) is -0.757. The molecule has 1 aliphatic rings. The molecule has 2 atom stereocenters. The fraction of sp³-hybridized carbons (Fsp3) is 1.00. The molecule has 0 aromatic rings. The van der Waals surface area contributed by atoms with Crippen LogP contribution in [-0.2, 0) is 0 Å². The van der Waals surface area contributed by atoms with E-state index in [2.05, 4.69) is 26.9 Å². The summed E-state index contributed by atoms with van der Waals surface area (Å²) in [5.41, 5.74) is 1.06. The highest BCUT2D eigenvalue weighted by molar-refractivity contribution is 6.78. The number of hydrogen-bond acceptors (Lipinski definition) is 0. The molecule has 0 bridgehead atoms. The Balaban J connectivity index is 2.60. The first-order valence-electron chi connectivity index (χ1n) is 4.54. The summed E-state index contributed by atoms with van der Waals surface area (Å²) in [6.07, 6.45) is 2.99. The molecule has 0 aliphatic carbocycles. The van der Waals surface area contributed by atoms with Gasteiger partial charge in [0.05, 0.1) is 8.07 Å². The first-order chi connectivity index (χ1) is 4.54. The lowest BCUT2D eigenvalue weighted by molar-refractivity contribution is 0.467. The lowest BCUT2D eigenvalue weighted by Gasteiger charge is -2.39. The van der Waals surface area contributed by atoms with E-state index in [9.17, 15) is 0 Å². The van der Waals surface area contributed by atoms with Crippen molar-refractivity contribution >= 4 is 8.07 Å². The van der Waals surface area contributed by atoms with Gasteiger partial charge in [-0.15, -0.1) is 0 Å². The van der Waals surface area contributed by atoms with Crippen LogP contribution in [0.2, 0.25) is 24.7 Å². The van der Waals surface area contributed by atoms with Gasteiger partial charge in [-0.25, -0.2) is 0 Å². The molecular formula is C9H20Si. The lowest BCUT2D eigenvalue weighted by atomic mass is 10.0. The average molecular weight is 156 g/mol. The van der Waals surface area contributed by atoms with Crippen LogP contribution >= 0.6 is 0 Å². The molecule has 1 heteroatoms. The van der Waals surface area contributed by atoms with Gasteiger partial charge >= 0.3 is 0 Å². The molecule has 1 fully saturated rings. The minimum absolute atomic E-state index is 0.757. The molecule has 10 heavy (non-hydrogen) atoms. The third kappa shape index (κ3) is 1.44. The van der Waals surface area contributed by atoms with E-state index in [1.807, 2.05) is 0 Å². The third-order valence-corrected chi connectivity index (χ3v) is 8.24. The Morgan fingerprint density at radius 2 is 1.80 bits per heavy atom. The van der Waals surface area contributed by atoms with Gasteiger partial charge in [-0.1, -0.05) is 45.8 Å². The molecule has 1 rings (SSSR count). The van der Waals surface area contributed by atoms with Crippen molar-refractivity contribution in [1.29, 1.82) is 0 Å². The van der Waals surface area contributed by atoms with E-state index in [-0.39, 0.29) is 0 Å². The Morgan fingerprint density at radius 3 is 2.20 bits per heavy atom. The van der Waals surface area contributed by atoms with Crippen LogP contribution in [0.15, 0.2) is 0 Å². The van der Waals surface area contributed by atoms with Crippen molar-refractivity contribution in [2.75, 3.05) is 0 Å². The fourth-order valence-corrected chi connectivity index (χ4v) is 5.41. The van der Waals surface area contributed by atoms with E-state index < -0.39 is 8.07 Å². The van der Waals surface area contributed by atoms with Gasteiger partial charge in [0.25, 0.3) is 0 Å². The second-order valence-corrected chi connectivity index (χ2v) is 10.0. The highest BCUT2D eigenvalue weighted by Crippen LogP contribution is 2.40. The van der Waals surface area contributed by atoms with Crippen LogP contribution in [0.1, 0.15) is 26.7 Å². The molecule has 60 valence electrons. The van der Waals surface area contributed by atoms with Crippen molar-refractivity contribution in [3.05, 3.63) is 0 Å². The van der Waals surface area contributed by atoms with E-state index in [1.165, 1.54) is 12.8 Å². The van der Waals surface area contributed by atoms with Gasteiger partial charge in [0.1, 0.15) is 0 Å². The zero-order valence-corrected chi connectivity index (χ0v) is 8.78. The standard InChI is InChI=1S/C9H20Si/c1-8-6-5-7-10(3,4)9(8)2/h8-9H,5-7H2,1-4H3/t8?,9-/m1/s1. The maximum absolute atomic E-state index is 2.55. The van der Waals surface area contributed by atoms with Crippen molar-refractivity contribution in [2.45, 2.75) is 51.4 Å². The van der Waals surface area contributed by atoms with E-state index in [0.717, 1.165) is 11.5 Å². The van der Waals surface area contributed by atoms with E-state index in [1.54, 1.807) is 6.04 Å². The first-order valence-corrected chi connectivity index (χ1v) is 7.82. The molecule has 0 nitrogen and oxygen atoms in total. The predicted octanol–water partition coefficient (Wildman–Crippen LogP) is 3.51. The van der Waals surface area contributed by atoms with Crippen LogP contribution in [0.4, 0.5) is 0 Å². The topological polar surface area (TPSA) is 0 Å². The molecule has 0 radical (unpaired) electrons. The summed E-state index contributed by atoms with van der Waals surface area (Å²) in [6.45, 7) is 10.00. The third-order valence-electron chi connectivity index (χ3n) is 3.57. The van der Waals surface area contributed by atoms with E-state index >= 15 is 0 Å². The van der Waals surface area contributed by atoms with Crippen LogP contribution in [0.3, 0.4) is 0 Å². The van der Waals surface area contributed by atoms with Gasteiger partial charge in [0.15, 0.2) is 0 Å². The van der Waals surface area contributed by atoms with Gasteiger partial charge in [0.2, 0.25) is 0 Å². The summed E-state index contributed by atoms with van der Waals surface area (Å²) < 4.78 is 0. The summed E-state index contributed by atoms with van der Waals surface area (Å²) in [4.78, 5) is 0. The molecule has 1 saturated heterocycles. The largest absolute Gasteiger partial charge is 0.0691 e. The van der Waals surface area contributed by atoms with Crippen LogP contribution in [0.25, 0.3) is 0 Å². The number of hydrogen-bond donors (Lipinski definition) is 0. The Morgan fingerprint density at radius 1 is 1.20 bits per heavy atom. The van der Waals surface area contributed by atoms with Gasteiger partial charge in [-0.3, -0.25) is 0 Å². The summed E-state index contributed by atoms with van der Waals surface area (Å²) in [5.74, 6) is 1.01. The van der Waals surface area contributed by atoms with Crippen molar-refractivity contribution in [3.63, 3.8) is 0 Å². The Labute approximate surface area is 66.0 Å². The first kappa shape index (κ1) is 8.31. The molecule has 1 aliphatic heterocycles. The molecule has 1 unspecified atom stereocenters. The molecule has 0 aromatic carbocycles. The second-order valence-electron chi connectivity index (χ2n) is 4.65. The Bertz CT molecular complexity index is 118. The SMILES string of the molecule is CC1CCC[Si](C)(C)[C@@H]1C. The molecule has 0 spiro atoms. The lowest BCUT2D eigenvalue weighted by Crippen LogP contribution is -2.37. The van der Waals surface area contributed by atoms with Gasteiger partial charge < -0.3 is 0 Å². The highest BCUT2D eigenvalue weighted by Gasteiger charge is 2.34. The van der Waals surface area contributed by atoms with Crippen molar-refractivity contribution in [3.8, 4) is 0 Å². The molecular weight excluding hydrogens is 136 g/mol. The van der Waals surface area contributed by atoms with Gasteiger partial charge in [-0.2, -0.15) is 0 Å². The van der Waals surface area contributed by atoms with Crippen molar-refractivity contribution < 1.29 is 0 Å². The Hall–Kier alpha value is 0.217.